The molecule has 4 N–H and O–H groups in total. The first-order valence-corrected chi connectivity index (χ1v) is 6.84. The van der Waals surface area contributed by atoms with Gasteiger partial charge in [0.25, 0.3) is 0 Å². The topological polar surface area (TPSA) is 76.4 Å². The molecule has 2 amide bonds. The van der Waals surface area contributed by atoms with Crippen LogP contribution in [-0.4, -0.2) is 12.6 Å². The Labute approximate surface area is 128 Å². The van der Waals surface area contributed by atoms with E-state index in [1.165, 1.54) is 0 Å². The quantitative estimate of drug-likeness (QED) is 0.751. The maximum Gasteiger partial charge on any atom is 0.319 e. The smallest absolute Gasteiger partial charge is 0.319 e. The molecule has 6 heteroatoms. The number of halogens is 1. The van der Waals surface area contributed by atoms with Gasteiger partial charge >= 0.3 is 6.03 Å². The first kappa shape index (κ1) is 15.0. The van der Waals surface area contributed by atoms with Crippen LogP contribution in [0.3, 0.4) is 0 Å². The van der Waals surface area contributed by atoms with Crippen LogP contribution in [0.5, 0.6) is 11.5 Å². The van der Waals surface area contributed by atoms with Crippen molar-refractivity contribution in [3.63, 3.8) is 0 Å². The van der Waals surface area contributed by atoms with Crippen LogP contribution in [0.1, 0.15) is 6.92 Å². The Morgan fingerprint density at radius 1 is 1.19 bits per heavy atom. The van der Waals surface area contributed by atoms with Crippen LogP contribution < -0.4 is 21.1 Å². The molecule has 0 spiro atoms. The lowest BCUT2D eigenvalue weighted by Crippen LogP contribution is -2.28. The number of rotatable bonds is 4. The molecule has 5 nitrogen and oxygen atoms in total. The molecule has 0 radical (unpaired) electrons. The summed E-state index contributed by atoms with van der Waals surface area (Å²) in [4.78, 5) is 11.4. The maximum atomic E-state index is 11.4. The summed E-state index contributed by atoms with van der Waals surface area (Å²) in [5, 5.41) is 5.68. The van der Waals surface area contributed by atoms with Gasteiger partial charge in [0.15, 0.2) is 0 Å². The second-order valence-electron chi connectivity index (χ2n) is 4.30. The van der Waals surface area contributed by atoms with E-state index >= 15 is 0 Å². The molecule has 0 aliphatic heterocycles. The largest absolute Gasteiger partial charge is 0.457 e. The normalized spacial score (nSPS) is 10.0. The van der Waals surface area contributed by atoms with Crippen LogP contribution in [0, 0.1) is 0 Å². The standard InChI is InChI=1S/C15H16ClN3O2/c1-2-18-15(20)19-14-8-7-12(9-13(14)16)21-11-5-3-10(17)4-6-11/h3-9H,2,17H2,1H3,(H2,18,19,20). The molecule has 0 aliphatic rings. The summed E-state index contributed by atoms with van der Waals surface area (Å²) in [6.45, 7) is 2.38. The maximum absolute atomic E-state index is 11.4. The highest BCUT2D eigenvalue weighted by Gasteiger charge is 2.06. The minimum absolute atomic E-state index is 0.299. The Bertz CT molecular complexity index is 629. The van der Waals surface area contributed by atoms with Gasteiger partial charge in [-0.25, -0.2) is 4.79 Å². The predicted octanol–water partition coefficient (Wildman–Crippen LogP) is 3.86. The zero-order valence-corrected chi connectivity index (χ0v) is 12.3. The molecule has 21 heavy (non-hydrogen) atoms. The van der Waals surface area contributed by atoms with Crippen molar-refractivity contribution in [3.05, 3.63) is 47.5 Å². The average Bonchev–Trinajstić information content (AvgIpc) is 2.45. The lowest BCUT2D eigenvalue weighted by atomic mass is 10.3. The molecule has 2 aromatic rings. The zero-order chi connectivity index (χ0) is 15.2. The molecule has 0 aliphatic carbocycles. The number of nitrogens with two attached hydrogens (primary N) is 1. The van der Waals surface area contributed by atoms with Crippen LogP contribution in [0.15, 0.2) is 42.5 Å². The fraction of sp³-hybridized carbons (Fsp3) is 0.133. The van der Waals surface area contributed by atoms with Crippen molar-refractivity contribution in [2.24, 2.45) is 0 Å². The number of carbonyl (C=O) groups excluding carboxylic acids is 1. The summed E-state index contributed by atoms with van der Waals surface area (Å²) in [6, 6.07) is 11.8. The summed E-state index contributed by atoms with van der Waals surface area (Å²) < 4.78 is 5.65. The van der Waals surface area contributed by atoms with Crippen LogP contribution in [0.25, 0.3) is 0 Å². The highest BCUT2D eigenvalue weighted by Crippen LogP contribution is 2.30. The molecule has 2 aromatic carbocycles. The Kier molecular flexibility index (Phi) is 4.90. The fourth-order valence-electron chi connectivity index (χ4n) is 1.66. The molecule has 0 bridgehead atoms. The van der Waals surface area contributed by atoms with E-state index in [1.807, 2.05) is 6.92 Å². The second-order valence-corrected chi connectivity index (χ2v) is 4.70. The highest BCUT2D eigenvalue weighted by molar-refractivity contribution is 6.33. The van der Waals surface area contributed by atoms with Gasteiger partial charge < -0.3 is 21.1 Å². The molecule has 110 valence electrons. The highest BCUT2D eigenvalue weighted by atomic mass is 35.5. The summed E-state index contributed by atoms with van der Waals surface area (Å²) in [5.74, 6) is 1.23. The predicted molar refractivity (Wildman–Crippen MR) is 85.1 cm³/mol. The number of benzene rings is 2. The van der Waals surface area contributed by atoms with Gasteiger partial charge in [-0.05, 0) is 43.3 Å². The van der Waals surface area contributed by atoms with Gasteiger partial charge in [-0.2, -0.15) is 0 Å². The molecule has 0 atom stereocenters. The van der Waals surface area contributed by atoms with Crippen molar-refractivity contribution in [1.29, 1.82) is 0 Å². The molecular formula is C15H16ClN3O2. The number of hydrogen-bond donors (Lipinski definition) is 3. The molecule has 2 rings (SSSR count). The van der Waals surface area contributed by atoms with E-state index in [1.54, 1.807) is 42.5 Å². The van der Waals surface area contributed by atoms with Crippen LogP contribution >= 0.6 is 11.6 Å². The number of nitrogens with one attached hydrogen (secondary N) is 2. The van der Waals surface area contributed by atoms with Crippen molar-refractivity contribution >= 4 is 29.0 Å². The molecule has 0 aromatic heterocycles. The van der Waals surface area contributed by atoms with Gasteiger partial charge in [-0.1, -0.05) is 11.6 Å². The van der Waals surface area contributed by atoms with E-state index in [-0.39, 0.29) is 6.03 Å². The van der Waals surface area contributed by atoms with Crippen molar-refractivity contribution in [2.45, 2.75) is 6.92 Å². The average molecular weight is 306 g/mol. The number of nitrogen functional groups attached to an aromatic ring is 1. The molecule has 0 saturated heterocycles. The molecule has 0 fully saturated rings. The number of hydrogen-bond acceptors (Lipinski definition) is 3. The third-order valence-electron chi connectivity index (χ3n) is 2.64. The van der Waals surface area contributed by atoms with Gasteiger partial charge in [-0.3, -0.25) is 0 Å². The lowest BCUT2D eigenvalue weighted by Gasteiger charge is -2.10. The number of urea groups is 1. The van der Waals surface area contributed by atoms with Crippen LogP contribution in [0.2, 0.25) is 5.02 Å². The fourth-order valence-corrected chi connectivity index (χ4v) is 1.88. The van der Waals surface area contributed by atoms with E-state index < -0.39 is 0 Å². The van der Waals surface area contributed by atoms with Gasteiger partial charge in [0, 0.05) is 18.3 Å². The minimum Gasteiger partial charge on any atom is -0.457 e. The molecule has 0 saturated carbocycles. The number of amides is 2. The van der Waals surface area contributed by atoms with E-state index in [9.17, 15) is 4.79 Å². The van der Waals surface area contributed by atoms with Gasteiger partial charge in [0.05, 0.1) is 10.7 Å². The van der Waals surface area contributed by atoms with Gasteiger partial charge in [-0.15, -0.1) is 0 Å². The van der Waals surface area contributed by atoms with Crippen LogP contribution in [0.4, 0.5) is 16.2 Å². The number of anilines is 2. The van der Waals surface area contributed by atoms with Gasteiger partial charge in [0.2, 0.25) is 0 Å². The monoisotopic (exact) mass is 305 g/mol. The SMILES string of the molecule is CCNC(=O)Nc1ccc(Oc2ccc(N)cc2)cc1Cl. The van der Waals surface area contributed by atoms with Crippen molar-refractivity contribution < 1.29 is 9.53 Å². The Balaban J connectivity index is 2.08. The van der Waals surface area contributed by atoms with Crippen molar-refractivity contribution in [3.8, 4) is 11.5 Å². The van der Waals surface area contributed by atoms with E-state index in [0.29, 0.717) is 34.4 Å². The minimum atomic E-state index is -0.299. The van der Waals surface area contributed by atoms with Crippen molar-refractivity contribution in [1.82, 2.24) is 5.32 Å². The lowest BCUT2D eigenvalue weighted by molar-refractivity contribution is 0.252. The summed E-state index contributed by atoms with van der Waals surface area (Å²) in [5.41, 5.74) is 6.80. The van der Waals surface area contributed by atoms with Gasteiger partial charge in [0.1, 0.15) is 11.5 Å². The summed E-state index contributed by atoms with van der Waals surface area (Å²) in [7, 11) is 0. The van der Waals surface area contributed by atoms with Crippen LogP contribution in [-0.2, 0) is 0 Å². The first-order valence-electron chi connectivity index (χ1n) is 6.46. The molecular weight excluding hydrogens is 290 g/mol. The van der Waals surface area contributed by atoms with E-state index in [2.05, 4.69) is 10.6 Å². The zero-order valence-electron chi connectivity index (χ0n) is 11.5. The van der Waals surface area contributed by atoms with E-state index in [4.69, 9.17) is 22.1 Å². The Morgan fingerprint density at radius 3 is 2.48 bits per heavy atom. The van der Waals surface area contributed by atoms with E-state index in [0.717, 1.165) is 0 Å². The third kappa shape index (κ3) is 4.29. The second kappa shape index (κ2) is 6.85. The molecule has 0 unspecified atom stereocenters. The Morgan fingerprint density at radius 2 is 1.86 bits per heavy atom. The van der Waals surface area contributed by atoms with Crippen molar-refractivity contribution in [2.75, 3.05) is 17.6 Å². The number of carbonyl (C=O) groups is 1. The third-order valence-corrected chi connectivity index (χ3v) is 2.95. The first-order chi connectivity index (χ1) is 10.1. The molecule has 0 heterocycles. The summed E-state index contributed by atoms with van der Waals surface area (Å²) in [6.07, 6.45) is 0. The Hall–Kier alpha value is -2.40. The summed E-state index contributed by atoms with van der Waals surface area (Å²) >= 11 is 6.12. The number of ether oxygens (including phenoxy) is 1.